The van der Waals surface area contributed by atoms with E-state index in [0.717, 1.165) is 28.8 Å². The Bertz CT molecular complexity index is 1050. The highest BCUT2D eigenvalue weighted by molar-refractivity contribution is 5.91. The number of benzene rings is 2. The van der Waals surface area contributed by atoms with Gasteiger partial charge in [0.1, 0.15) is 12.1 Å². The summed E-state index contributed by atoms with van der Waals surface area (Å²) in [5.41, 5.74) is 2.29. The fourth-order valence-corrected chi connectivity index (χ4v) is 3.52. The largest absolute Gasteiger partial charge is 0.493 e. The first-order valence-corrected chi connectivity index (χ1v) is 9.33. The molecule has 0 bridgehead atoms. The van der Waals surface area contributed by atoms with Gasteiger partial charge in [-0.1, -0.05) is 12.1 Å². The summed E-state index contributed by atoms with van der Waals surface area (Å²) in [5, 5.41) is 10.0. The number of carbonyl (C=O) groups excluding carboxylic acids is 1. The van der Waals surface area contributed by atoms with E-state index >= 15 is 0 Å². The van der Waals surface area contributed by atoms with Crippen LogP contribution < -0.4 is 19.9 Å². The molecule has 0 spiro atoms. The number of anilines is 2. The SMILES string of the molecule is COc1ccc(N(C)c2ncnc3ccccc23)cc1OC1(C(=O)NO)CCC1. The molecule has 1 aromatic heterocycles. The summed E-state index contributed by atoms with van der Waals surface area (Å²) >= 11 is 0. The fraction of sp³-hybridized carbons (Fsp3) is 0.286. The van der Waals surface area contributed by atoms with Gasteiger partial charge in [0.25, 0.3) is 5.91 Å². The van der Waals surface area contributed by atoms with Crippen molar-refractivity contribution >= 4 is 28.3 Å². The lowest BCUT2D eigenvalue weighted by Gasteiger charge is -2.39. The molecule has 8 nitrogen and oxygen atoms in total. The minimum atomic E-state index is -1.08. The van der Waals surface area contributed by atoms with Gasteiger partial charge in [0, 0.05) is 24.2 Å². The average molecular weight is 394 g/mol. The number of hydrogen-bond donors (Lipinski definition) is 2. The second-order valence-corrected chi connectivity index (χ2v) is 7.00. The summed E-state index contributed by atoms with van der Waals surface area (Å²) in [6.45, 7) is 0. The summed E-state index contributed by atoms with van der Waals surface area (Å²) < 4.78 is 11.5. The lowest BCUT2D eigenvalue weighted by molar-refractivity contribution is -0.153. The van der Waals surface area contributed by atoms with Crippen LogP contribution in [0.5, 0.6) is 11.5 Å². The van der Waals surface area contributed by atoms with Crippen molar-refractivity contribution in [1.29, 1.82) is 0 Å². The van der Waals surface area contributed by atoms with Gasteiger partial charge in [-0.2, -0.15) is 0 Å². The Morgan fingerprint density at radius 3 is 2.66 bits per heavy atom. The Morgan fingerprint density at radius 1 is 1.17 bits per heavy atom. The van der Waals surface area contributed by atoms with Crippen LogP contribution in [-0.2, 0) is 4.79 Å². The minimum Gasteiger partial charge on any atom is -0.493 e. The monoisotopic (exact) mass is 394 g/mol. The molecule has 0 unspecified atom stereocenters. The van der Waals surface area contributed by atoms with Gasteiger partial charge in [-0.05, 0) is 43.5 Å². The van der Waals surface area contributed by atoms with Crippen molar-refractivity contribution in [3.05, 3.63) is 48.8 Å². The quantitative estimate of drug-likeness (QED) is 0.489. The van der Waals surface area contributed by atoms with Gasteiger partial charge in [-0.3, -0.25) is 10.0 Å². The number of para-hydroxylation sites is 1. The van der Waals surface area contributed by atoms with Crippen molar-refractivity contribution in [2.75, 3.05) is 19.1 Å². The Kier molecular flexibility index (Phi) is 4.94. The molecule has 0 atom stereocenters. The van der Waals surface area contributed by atoms with Crippen LogP contribution in [0.25, 0.3) is 10.9 Å². The molecule has 0 saturated heterocycles. The maximum Gasteiger partial charge on any atom is 0.287 e. The van der Waals surface area contributed by atoms with E-state index in [1.54, 1.807) is 24.7 Å². The minimum absolute atomic E-state index is 0.429. The standard InChI is InChI=1S/C21H22N4O4/c1-25(19-15-6-3-4-7-16(15)22-13-23-19)14-8-9-17(28-2)18(12-14)29-21(10-5-11-21)20(26)24-27/h3-4,6-9,12-13,27H,5,10-11H2,1-2H3,(H,24,26). The van der Waals surface area contributed by atoms with Crippen molar-refractivity contribution < 1.29 is 19.5 Å². The first kappa shape index (κ1) is 18.9. The molecule has 2 N–H and O–H groups in total. The maximum absolute atomic E-state index is 12.2. The normalized spacial score (nSPS) is 14.7. The highest BCUT2D eigenvalue weighted by Crippen LogP contribution is 2.42. The van der Waals surface area contributed by atoms with E-state index < -0.39 is 11.5 Å². The van der Waals surface area contributed by atoms with Gasteiger partial charge in [-0.25, -0.2) is 15.4 Å². The third kappa shape index (κ3) is 3.31. The van der Waals surface area contributed by atoms with Crippen LogP contribution in [-0.4, -0.2) is 40.8 Å². The molecule has 29 heavy (non-hydrogen) atoms. The van der Waals surface area contributed by atoms with Crippen LogP contribution in [0, 0.1) is 0 Å². The Balaban J connectivity index is 1.72. The molecule has 1 amide bonds. The molecule has 150 valence electrons. The van der Waals surface area contributed by atoms with Crippen LogP contribution in [0.15, 0.2) is 48.8 Å². The molecular formula is C21H22N4O4. The number of nitrogens with zero attached hydrogens (tertiary/aromatic N) is 3. The molecule has 1 heterocycles. The number of amides is 1. The zero-order valence-corrected chi connectivity index (χ0v) is 16.3. The van der Waals surface area contributed by atoms with Crippen molar-refractivity contribution in [3.8, 4) is 11.5 Å². The maximum atomic E-state index is 12.2. The van der Waals surface area contributed by atoms with Gasteiger partial charge in [0.15, 0.2) is 17.1 Å². The van der Waals surface area contributed by atoms with E-state index in [9.17, 15) is 4.79 Å². The van der Waals surface area contributed by atoms with E-state index in [2.05, 4.69) is 9.97 Å². The third-order valence-electron chi connectivity index (χ3n) is 5.36. The molecule has 2 aromatic carbocycles. The van der Waals surface area contributed by atoms with Crippen molar-refractivity contribution in [3.63, 3.8) is 0 Å². The van der Waals surface area contributed by atoms with E-state index in [1.165, 1.54) is 6.33 Å². The molecule has 1 aliphatic carbocycles. The molecule has 0 radical (unpaired) electrons. The van der Waals surface area contributed by atoms with Crippen molar-refractivity contribution in [2.45, 2.75) is 24.9 Å². The van der Waals surface area contributed by atoms with Gasteiger partial charge in [0.05, 0.1) is 12.6 Å². The number of aromatic nitrogens is 2. The second kappa shape index (κ2) is 7.56. The first-order valence-electron chi connectivity index (χ1n) is 9.33. The Labute approximate surface area is 168 Å². The smallest absolute Gasteiger partial charge is 0.287 e. The molecule has 1 fully saturated rings. The fourth-order valence-electron chi connectivity index (χ4n) is 3.52. The molecule has 3 aromatic rings. The van der Waals surface area contributed by atoms with Crippen LogP contribution in [0.2, 0.25) is 0 Å². The third-order valence-corrected chi connectivity index (χ3v) is 5.36. The predicted octanol–water partition coefficient (Wildman–Crippen LogP) is 3.21. The van der Waals surface area contributed by atoms with E-state index in [1.807, 2.05) is 42.3 Å². The Hall–Kier alpha value is -3.39. The van der Waals surface area contributed by atoms with Crippen LogP contribution in [0.4, 0.5) is 11.5 Å². The summed E-state index contributed by atoms with van der Waals surface area (Å²) in [4.78, 5) is 22.8. The van der Waals surface area contributed by atoms with Crippen molar-refractivity contribution in [2.24, 2.45) is 0 Å². The van der Waals surface area contributed by atoms with Gasteiger partial charge >= 0.3 is 0 Å². The van der Waals surface area contributed by atoms with Crippen LogP contribution in [0.3, 0.4) is 0 Å². The number of methoxy groups -OCH3 is 1. The first-order chi connectivity index (χ1) is 14.1. The number of nitrogens with one attached hydrogen (secondary N) is 1. The summed E-state index contributed by atoms with van der Waals surface area (Å²) in [6.07, 6.45) is 3.44. The van der Waals surface area contributed by atoms with E-state index in [-0.39, 0.29) is 0 Å². The number of carbonyl (C=O) groups is 1. The zero-order valence-electron chi connectivity index (χ0n) is 16.3. The van der Waals surface area contributed by atoms with Gasteiger partial charge in [-0.15, -0.1) is 0 Å². The molecule has 4 rings (SSSR count). The average Bonchev–Trinajstić information content (AvgIpc) is 2.74. The summed E-state index contributed by atoms with van der Waals surface area (Å²) in [6, 6.07) is 13.3. The van der Waals surface area contributed by atoms with Crippen LogP contribution >= 0.6 is 0 Å². The van der Waals surface area contributed by atoms with Crippen molar-refractivity contribution in [1.82, 2.24) is 15.4 Å². The lowest BCUT2D eigenvalue weighted by atomic mass is 9.79. The van der Waals surface area contributed by atoms with E-state index in [0.29, 0.717) is 24.3 Å². The lowest BCUT2D eigenvalue weighted by Crippen LogP contribution is -2.55. The van der Waals surface area contributed by atoms with Crippen LogP contribution in [0.1, 0.15) is 19.3 Å². The molecular weight excluding hydrogens is 372 g/mol. The Morgan fingerprint density at radius 2 is 1.97 bits per heavy atom. The second-order valence-electron chi connectivity index (χ2n) is 7.00. The van der Waals surface area contributed by atoms with Gasteiger partial charge < -0.3 is 14.4 Å². The van der Waals surface area contributed by atoms with Gasteiger partial charge in [0.2, 0.25) is 0 Å². The molecule has 1 saturated carbocycles. The number of hydrogen-bond acceptors (Lipinski definition) is 7. The molecule has 0 aliphatic heterocycles. The number of hydroxylamine groups is 1. The molecule has 1 aliphatic rings. The summed E-state index contributed by atoms with van der Waals surface area (Å²) in [7, 11) is 3.45. The van der Waals surface area contributed by atoms with E-state index in [4.69, 9.17) is 14.7 Å². The highest BCUT2D eigenvalue weighted by Gasteiger charge is 2.47. The topological polar surface area (TPSA) is 96.8 Å². The number of fused-ring (bicyclic) bond motifs is 1. The number of ether oxygens (including phenoxy) is 2. The summed E-state index contributed by atoms with van der Waals surface area (Å²) in [5.74, 6) is 1.13. The zero-order chi connectivity index (χ0) is 20.4. The number of rotatable bonds is 6. The highest BCUT2D eigenvalue weighted by atomic mass is 16.5. The predicted molar refractivity (Wildman–Crippen MR) is 108 cm³/mol. The molecule has 8 heteroatoms.